The van der Waals surface area contributed by atoms with Crippen LogP contribution in [0, 0.1) is 12.7 Å². The highest BCUT2D eigenvalue weighted by molar-refractivity contribution is 6.32. The third-order valence-electron chi connectivity index (χ3n) is 3.30. The molecule has 0 aliphatic heterocycles. The molecular weight excluding hydrogens is 307 g/mol. The molecular formula is C17H12ClFO3. The number of aryl methyl sites for hydroxylation is 1. The van der Waals surface area contributed by atoms with E-state index in [1.165, 1.54) is 18.2 Å². The van der Waals surface area contributed by atoms with Crippen molar-refractivity contribution in [2.24, 2.45) is 0 Å². The Balaban J connectivity index is 1.99. The van der Waals surface area contributed by atoms with Crippen molar-refractivity contribution in [3.8, 4) is 5.75 Å². The third-order valence-corrected chi connectivity index (χ3v) is 3.71. The molecule has 1 heterocycles. The number of benzene rings is 2. The first kappa shape index (κ1) is 14.6. The zero-order chi connectivity index (χ0) is 15.7. The summed E-state index contributed by atoms with van der Waals surface area (Å²) in [6.07, 6.45) is 0. The van der Waals surface area contributed by atoms with Gasteiger partial charge in [-0.05, 0) is 36.8 Å². The zero-order valence-electron chi connectivity index (χ0n) is 11.7. The standard InChI is InChI=1S/C17H12ClFO3/c1-10-5-16-14(8-15(10)18)11(6-17(20)22-16)9-21-13-4-2-3-12(19)7-13/h2-8H,9H2,1H3. The molecule has 0 spiro atoms. The lowest BCUT2D eigenvalue weighted by Crippen LogP contribution is -2.04. The van der Waals surface area contributed by atoms with Crippen LogP contribution in [-0.4, -0.2) is 0 Å². The lowest BCUT2D eigenvalue weighted by molar-refractivity contribution is 0.305. The average Bonchev–Trinajstić information content (AvgIpc) is 2.47. The van der Waals surface area contributed by atoms with E-state index in [2.05, 4.69) is 0 Å². The molecule has 5 heteroatoms. The molecule has 0 N–H and O–H groups in total. The van der Waals surface area contributed by atoms with E-state index in [1.54, 1.807) is 24.3 Å². The summed E-state index contributed by atoms with van der Waals surface area (Å²) in [5.74, 6) is 0.00759. The Kier molecular flexibility index (Phi) is 3.86. The van der Waals surface area contributed by atoms with Gasteiger partial charge in [0.05, 0.1) is 0 Å². The fraction of sp³-hybridized carbons (Fsp3) is 0.118. The SMILES string of the molecule is Cc1cc2oc(=O)cc(COc3cccc(F)c3)c2cc1Cl. The van der Waals surface area contributed by atoms with Crippen LogP contribution in [-0.2, 0) is 6.61 Å². The second-order valence-electron chi connectivity index (χ2n) is 4.93. The van der Waals surface area contributed by atoms with E-state index in [9.17, 15) is 9.18 Å². The van der Waals surface area contributed by atoms with Crippen LogP contribution >= 0.6 is 11.6 Å². The Morgan fingerprint density at radius 1 is 1.23 bits per heavy atom. The second-order valence-corrected chi connectivity index (χ2v) is 5.34. The highest BCUT2D eigenvalue weighted by Crippen LogP contribution is 2.26. The zero-order valence-corrected chi connectivity index (χ0v) is 12.5. The van der Waals surface area contributed by atoms with Gasteiger partial charge < -0.3 is 9.15 Å². The predicted octanol–water partition coefficient (Wildman–Crippen LogP) is 4.47. The van der Waals surface area contributed by atoms with E-state index in [4.69, 9.17) is 20.8 Å². The maximum Gasteiger partial charge on any atom is 0.336 e. The molecule has 0 fully saturated rings. The maximum atomic E-state index is 13.1. The molecule has 0 saturated carbocycles. The number of fused-ring (bicyclic) bond motifs is 1. The van der Waals surface area contributed by atoms with Gasteiger partial charge >= 0.3 is 5.63 Å². The van der Waals surface area contributed by atoms with E-state index in [1.807, 2.05) is 6.92 Å². The minimum atomic E-state index is -0.466. The van der Waals surface area contributed by atoms with E-state index < -0.39 is 5.63 Å². The third kappa shape index (κ3) is 2.97. The maximum absolute atomic E-state index is 13.1. The van der Waals surface area contributed by atoms with Crippen molar-refractivity contribution in [1.29, 1.82) is 0 Å². The first-order valence-electron chi connectivity index (χ1n) is 6.64. The lowest BCUT2D eigenvalue weighted by Gasteiger charge is -2.09. The topological polar surface area (TPSA) is 39.4 Å². The van der Waals surface area contributed by atoms with Gasteiger partial charge in [-0.1, -0.05) is 17.7 Å². The summed E-state index contributed by atoms with van der Waals surface area (Å²) >= 11 is 6.13. The van der Waals surface area contributed by atoms with Crippen LogP contribution in [0.2, 0.25) is 5.02 Å². The molecule has 3 rings (SSSR count). The Morgan fingerprint density at radius 3 is 2.82 bits per heavy atom. The van der Waals surface area contributed by atoms with E-state index in [0.29, 0.717) is 27.3 Å². The van der Waals surface area contributed by atoms with Crippen LogP contribution in [0.15, 0.2) is 51.7 Å². The fourth-order valence-corrected chi connectivity index (χ4v) is 2.35. The molecule has 2 aromatic carbocycles. The second kappa shape index (κ2) is 5.81. The lowest BCUT2D eigenvalue weighted by atomic mass is 10.1. The Hall–Kier alpha value is -2.33. The molecule has 0 unspecified atom stereocenters. The molecule has 0 aliphatic carbocycles. The number of hydrogen-bond acceptors (Lipinski definition) is 3. The average molecular weight is 319 g/mol. The van der Waals surface area contributed by atoms with Crippen LogP contribution in [0.5, 0.6) is 5.75 Å². The van der Waals surface area contributed by atoms with Gasteiger partial charge in [-0.15, -0.1) is 0 Å². The molecule has 112 valence electrons. The number of hydrogen-bond donors (Lipinski definition) is 0. The smallest absolute Gasteiger partial charge is 0.336 e. The molecule has 0 saturated heterocycles. The van der Waals surface area contributed by atoms with Crippen LogP contribution < -0.4 is 10.4 Å². The molecule has 3 nitrogen and oxygen atoms in total. The van der Waals surface area contributed by atoms with Gasteiger partial charge in [-0.2, -0.15) is 0 Å². The van der Waals surface area contributed by atoms with Crippen molar-refractivity contribution >= 4 is 22.6 Å². The molecule has 0 atom stereocenters. The van der Waals surface area contributed by atoms with Gasteiger partial charge in [0, 0.05) is 28.1 Å². The van der Waals surface area contributed by atoms with Gasteiger partial charge in [-0.3, -0.25) is 0 Å². The molecule has 1 aromatic heterocycles. The van der Waals surface area contributed by atoms with Crippen molar-refractivity contribution in [3.63, 3.8) is 0 Å². The summed E-state index contributed by atoms with van der Waals surface area (Å²) in [6.45, 7) is 1.95. The van der Waals surface area contributed by atoms with Crippen molar-refractivity contribution < 1.29 is 13.5 Å². The molecule has 0 bridgehead atoms. The summed E-state index contributed by atoms with van der Waals surface area (Å²) in [5.41, 5.74) is 1.44. The molecule has 0 amide bonds. The number of ether oxygens (including phenoxy) is 1. The quantitative estimate of drug-likeness (QED) is 0.669. The first-order chi connectivity index (χ1) is 10.5. The summed E-state index contributed by atoms with van der Waals surface area (Å²) < 4.78 is 23.9. The normalized spacial score (nSPS) is 10.9. The fourth-order valence-electron chi connectivity index (χ4n) is 2.19. The Labute approximate surface area is 130 Å². The molecule has 0 aliphatic rings. The Morgan fingerprint density at radius 2 is 2.05 bits per heavy atom. The summed E-state index contributed by atoms with van der Waals surface area (Å²) in [4.78, 5) is 11.7. The van der Waals surface area contributed by atoms with Crippen molar-refractivity contribution in [2.45, 2.75) is 13.5 Å². The van der Waals surface area contributed by atoms with Gasteiger partial charge in [-0.25, -0.2) is 9.18 Å². The largest absolute Gasteiger partial charge is 0.489 e. The minimum Gasteiger partial charge on any atom is -0.489 e. The highest BCUT2D eigenvalue weighted by atomic mass is 35.5. The number of rotatable bonds is 3. The van der Waals surface area contributed by atoms with Crippen molar-refractivity contribution in [1.82, 2.24) is 0 Å². The van der Waals surface area contributed by atoms with E-state index in [-0.39, 0.29) is 12.4 Å². The summed E-state index contributed by atoms with van der Waals surface area (Å²) in [7, 11) is 0. The van der Waals surface area contributed by atoms with Gasteiger partial charge in [0.15, 0.2) is 0 Å². The monoisotopic (exact) mass is 318 g/mol. The van der Waals surface area contributed by atoms with Crippen LogP contribution in [0.1, 0.15) is 11.1 Å². The highest BCUT2D eigenvalue weighted by Gasteiger charge is 2.09. The number of halogens is 2. The molecule has 0 radical (unpaired) electrons. The van der Waals surface area contributed by atoms with Gasteiger partial charge in [0.25, 0.3) is 0 Å². The summed E-state index contributed by atoms with van der Waals surface area (Å²) in [6, 6.07) is 10.6. The summed E-state index contributed by atoms with van der Waals surface area (Å²) in [5, 5.41) is 1.28. The Bertz CT molecular complexity index is 902. The molecule has 22 heavy (non-hydrogen) atoms. The van der Waals surface area contributed by atoms with Gasteiger partial charge in [0.2, 0.25) is 0 Å². The van der Waals surface area contributed by atoms with Gasteiger partial charge in [0.1, 0.15) is 23.8 Å². The van der Waals surface area contributed by atoms with Crippen LogP contribution in [0.4, 0.5) is 4.39 Å². The van der Waals surface area contributed by atoms with E-state index in [0.717, 1.165) is 5.56 Å². The van der Waals surface area contributed by atoms with E-state index >= 15 is 0 Å². The first-order valence-corrected chi connectivity index (χ1v) is 7.02. The minimum absolute atomic E-state index is 0.116. The van der Waals surface area contributed by atoms with Crippen molar-refractivity contribution in [3.05, 3.63) is 74.9 Å². The van der Waals surface area contributed by atoms with Crippen LogP contribution in [0.25, 0.3) is 11.0 Å². The van der Waals surface area contributed by atoms with Crippen molar-refractivity contribution in [2.75, 3.05) is 0 Å². The van der Waals surface area contributed by atoms with Crippen LogP contribution in [0.3, 0.4) is 0 Å². The molecule has 3 aromatic rings. The predicted molar refractivity (Wildman–Crippen MR) is 83.0 cm³/mol.